The lowest BCUT2D eigenvalue weighted by atomic mass is 10.1. The Labute approximate surface area is 121 Å². The summed E-state index contributed by atoms with van der Waals surface area (Å²) in [5, 5.41) is 0.705. The van der Waals surface area contributed by atoms with Gasteiger partial charge in [-0.2, -0.15) is 11.8 Å². The molecule has 0 spiro atoms. The minimum absolute atomic E-state index is 0.376. The third kappa shape index (κ3) is 6.32. The van der Waals surface area contributed by atoms with Crippen molar-refractivity contribution in [2.75, 3.05) is 12.9 Å². The zero-order chi connectivity index (χ0) is 14.1. The summed E-state index contributed by atoms with van der Waals surface area (Å²) < 4.78 is 5.16. The molecule has 1 aromatic carbocycles. The molecule has 1 aromatic rings. The van der Waals surface area contributed by atoms with Crippen LogP contribution in [0.5, 0.6) is 5.75 Å². The number of ether oxygens (including phenoxy) is 1. The second kappa shape index (κ2) is 9.23. The second-order valence-corrected chi connectivity index (χ2v) is 6.27. The molecule has 3 nitrogen and oxygen atoms in total. The number of methoxy groups -OCH3 is 1. The van der Waals surface area contributed by atoms with E-state index in [1.807, 2.05) is 23.9 Å². The molecule has 0 aliphatic heterocycles. The van der Waals surface area contributed by atoms with Crippen LogP contribution in [0.1, 0.15) is 32.3 Å². The quantitative estimate of drug-likeness (QED) is 0.540. The Morgan fingerprint density at radius 3 is 2.53 bits per heavy atom. The standard InChI is InChI=1S/C15H26N2OS/c1-4-12(2)19-11-14(17-16)8-5-13-6-9-15(18-3)10-7-13/h6-7,9-10,12,14,17H,4-5,8,11,16H2,1-3H3. The highest BCUT2D eigenvalue weighted by molar-refractivity contribution is 7.99. The van der Waals surface area contributed by atoms with E-state index in [1.54, 1.807) is 7.11 Å². The summed E-state index contributed by atoms with van der Waals surface area (Å²) in [5.41, 5.74) is 4.26. The molecule has 0 heterocycles. The maximum atomic E-state index is 5.63. The molecule has 0 aliphatic rings. The van der Waals surface area contributed by atoms with E-state index in [1.165, 1.54) is 12.0 Å². The first-order valence-corrected chi connectivity index (χ1v) is 7.95. The van der Waals surface area contributed by atoms with Crippen molar-refractivity contribution >= 4 is 11.8 Å². The molecule has 0 saturated carbocycles. The Morgan fingerprint density at radius 1 is 1.32 bits per heavy atom. The number of hydrogen-bond acceptors (Lipinski definition) is 4. The molecule has 4 heteroatoms. The highest BCUT2D eigenvalue weighted by Crippen LogP contribution is 2.17. The number of hydrazine groups is 1. The Hall–Kier alpha value is -0.710. The number of benzene rings is 1. The van der Waals surface area contributed by atoms with Gasteiger partial charge in [0, 0.05) is 17.0 Å². The van der Waals surface area contributed by atoms with Crippen LogP contribution in [0.3, 0.4) is 0 Å². The van der Waals surface area contributed by atoms with Crippen LogP contribution in [-0.4, -0.2) is 24.2 Å². The molecule has 1 rings (SSSR count). The summed E-state index contributed by atoms with van der Waals surface area (Å²) in [4.78, 5) is 0. The number of aryl methyl sites for hydroxylation is 1. The van der Waals surface area contributed by atoms with Gasteiger partial charge in [-0.15, -0.1) is 0 Å². The van der Waals surface area contributed by atoms with Gasteiger partial charge in [0.2, 0.25) is 0 Å². The SMILES string of the molecule is CCC(C)SCC(CCc1ccc(OC)cc1)NN. The van der Waals surface area contributed by atoms with Gasteiger partial charge in [-0.1, -0.05) is 26.0 Å². The van der Waals surface area contributed by atoms with Gasteiger partial charge in [0.25, 0.3) is 0 Å². The Balaban J connectivity index is 2.35. The van der Waals surface area contributed by atoms with Gasteiger partial charge < -0.3 is 4.74 Å². The Bertz CT molecular complexity index is 343. The first-order chi connectivity index (χ1) is 9.19. The normalized spacial score (nSPS) is 14.1. The van der Waals surface area contributed by atoms with Crippen LogP contribution < -0.4 is 16.0 Å². The zero-order valence-electron chi connectivity index (χ0n) is 12.2. The van der Waals surface area contributed by atoms with Crippen molar-refractivity contribution in [3.63, 3.8) is 0 Å². The van der Waals surface area contributed by atoms with Crippen LogP contribution >= 0.6 is 11.8 Å². The van der Waals surface area contributed by atoms with Gasteiger partial charge in [0.15, 0.2) is 0 Å². The zero-order valence-corrected chi connectivity index (χ0v) is 13.0. The molecular weight excluding hydrogens is 256 g/mol. The van der Waals surface area contributed by atoms with E-state index in [2.05, 4.69) is 31.4 Å². The van der Waals surface area contributed by atoms with E-state index >= 15 is 0 Å². The highest BCUT2D eigenvalue weighted by atomic mass is 32.2. The molecule has 0 aliphatic carbocycles. The maximum absolute atomic E-state index is 5.63. The van der Waals surface area contributed by atoms with Gasteiger partial charge in [0.1, 0.15) is 5.75 Å². The van der Waals surface area contributed by atoms with Gasteiger partial charge in [-0.25, -0.2) is 0 Å². The summed E-state index contributed by atoms with van der Waals surface area (Å²) in [7, 11) is 1.69. The summed E-state index contributed by atoms with van der Waals surface area (Å²) in [6.07, 6.45) is 3.31. The molecule has 2 atom stereocenters. The Morgan fingerprint density at radius 2 is 2.00 bits per heavy atom. The summed E-state index contributed by atoms with van der Waals surface area (Å²) in [6.45, 7) is 4.49. The largest absolute Gasteiger partial charge is 0.497 e. The first kappa shape index (κ1) is 16.3. The molecule has 0 bridgehead atoms. The predicted octanol–water partition coefficient (Wildman–Crippen LogP) is 2.99. The average Bonchev–Trinajstić information content (AvgIpc) is 2.47. The van der Waals surface area contributed by atoms with Gasteiger partial charge in [-0.3, -0.25) is 11.3 Å². The molecule has 19 heavy (non-hydrogen) atoms. The fourth-order valence-corrected chi connectivity index (χ4v) is 2.81. The van der Waals surface area contributed by atoms with Crippen LogP contribution in [0.15, 0.2) is 24.3 Å². The summed E-state index contributed by atoms with van der Waals surface area (Å²) in [5.74, 6) is 7.61. The highest BCUT2D eigenvalue weighted by Gasteiger charge is 2.09. The van der Waals surface area contributed by atoms with E-state index in [4.69, 9.17) is 10.6 Å². The van der Waals surface area contributed by atoms with E-state index < -0.39 is 0 Å². The van der Waals surface area contributed by atoms with Crippen LogP contribution in [0.2, 0.25) is 0 Å². The molecule has 3 N–H and O–H groups in total. The lowest BCUT2D eigenvalue weighted by Crippen LogP contribution is -2.37. The third-order valence-electron chi connectivity index (χ3n) is 3.33. The average molecular weight is 282 g/mol. The number of nitrogens with one attached hydrogen (secondary N) is 1. The Kier molecular flexibility index (Phi) is 7.94. The van der Waals surface area contributed by atoms with Crippen molar-refractivity contribution in [3.8, 4) is 5.75 Å². The fourth-order valence-electron chi connectivity index (χ4n) is 1.75. The molecule has 0 amide bonds. The smallest absolute Gasteiger partial charge is 0.118 e. The minimum atomic E-state index is 0.376. The summed E-state index contributed by atoms with van der Waals surface area (Å²) >= 11 is 1.99. The fraction of sp³-hybridized carbons (Fsp3) is 0.600. The van der Waals surface area contributed by atoms with Gasteiger partial charge in [-0.05, 0) is 37.0 Å². The van der Waals surface area contributed by atoms with Crippen LogP contribution in [0, 0.1) is 0 Å². The molecule has 0 fully saturated rings. The monoisotopic (exact) mass is 282 g/mol. The van der Waals surface area contributed by atoms with E-state index in [-0.39, 0.29) is 0 Å². The number of thioether (sulfide) groups is 1. The third-order valence-corrected chi connectivity index (χ3v) is 4.83. The number of nitrogens with two attached hydrogens (primary N) is 1. The lowest BCUT2D eigenvalue weighted by molar-refractivity contribution is 0.414. The molecule has 0 aromatic heterocycles. The van der Waals surface area contributed by atoms with Crippen molar-refractivity contribution < 1.29 is 4.74 Å². The second-order valence-electron chi connectivity index (χ2n) is 4.80. The van der Waals surface area contributed by atoms with Crippen LogP contribution in [-0.2, 0) is 6.42 Å². The van der Waals surface area contributed by atoms with Crippen molar-refractivity contribution in [3.05, 3.63) is 29.8 Å². The van der Waals surface area contributed by atoms with Crippen LogP contribution in [0.25, 0.3) is 0 Å². The summed E-state index contributed by atoms with van der Waals surface area (Å²) in [6, 6.07) is 8.63. The topological polar surface area (TPSA) is 47.3 Å². The van der Waals surface area contributed by atoms with E-state index in [0.29, 0.717) is 11.3 Å². The molecule has 0 saturated heterocycles. The molecular formula is C15H26N2OS. The van der Waals surface area contributed by atoms with Crippen molar-refractivity contribution in [2.24, 2.45) is 5.84 Å². The van der Waals surface area contributed by atoms with E-state index in [9.17, 15) is 0 Å². The molecule has 2 unspecified atom stereocenters. The maximum Gasteiger partial charge on any atom is 0.118 e. The van der Waals surface area contributed by atoms with Gasteiger partial charge in [0.05, 0.1) is 7.11 Å². The lowest BCUT2D eigenvalue weighted by Gasteiger charge is -2.17. The number of rotatable bonds is 9. The molecule has 108 valence electrons. The predicted molar refractivity (Wildman–Crippen MR) is 84.6 cm³/mol. The van der Waals surface area contributed by atoms with Gasteiger partial charge >= 0.3 is 0 Å². The van der Waals surface area contributed by atoms with Crippen molar-refractivity contribution in [1.82, 2.24) is 5.43 Å². The molecule has 0 radical (unpaired) electrons. The van der Waals surface area contributed by atoms with Crippen molar-refractivity contribution in [1.29, 1.82) is 0 Å². The van der Waals surface area contributed by atoms with E-state index in [0.717, 1.165) is 24.3 Å². The minimum Gasteiger partial charge on any atom is -0.497 e. The first-order valence-electron chi connectivity index (χ1n) is 6.90. The number of hydrogen-bond donors (Lipinski definition) is 2. The van der Waals surface area contributed by atoms with Crippen molar-refractivity contribution in [2.45, 2.75) is 44.4 Å². The van der Waals surface area contributed by atoms with Crippen LogP contribution in [0.4, 0.5) is 0 Å².